The molecular formula is C15H28. The molecule has 88 valence electrons. The van der Waals surface area contributed by atoms with Crippen LogP contribution in [0.5, 0.6) is 0 Å². The van der Waals surface area contributed by atoms with Crippen LogP contribution in [0.15, 0.2) is 0 Å². The molecule has 0 spiro atoms. The zero-order chi connectivity index (χ0) is 11.2. The van der Waals surface area contributed by atoms with Crippen molar-refractivity contribution in [2.24, 2.45) is 35.0 Å². The van der Waals surface area contributed by atoms with Gasteiger partial charge in [-0.1, -0.05) is 34.6 Å². The second-order valence-corrected chi connectivity index (χ2v) is 7.45. The average molecular weight is 208 g/mol. The fraction of sp³-hybridized carbons (Fsp3) is 1.00. The van der Waals surface area contributed by atoms with E-state index in [9.17, 15) is 0 Å². The van der Waals surface area contributed by atoms with E-state index in [2.05, 4.69) is 34.6 Å². The molecule has 0 N–H and O–H groups in total. The molecule has 2 saturated carbocycles. The summed E-state index contributed by atoms with van der Waals surface area (Å²) < 4.78 is 0. The number of hydrogen-bond acceptors (Lipinski definition) is 0. The summed E-state index contributed by atoms with van der Waals surface area (Å²) in [4.78, 5) is 0. The van der Waals surface area contributed by atoms with Gasteiger partial charge < -0.3 is 0 Å². The van der Waals surface area contributed by atoms with Gasteiger partial charge >= 0.3 is 0 Å². The summed E-state index contributed by atoms with van der Waals surface area (Å²) in [7, 11) is 0. The molecule has 2 rings (SSSR count). The van der Waals surface area contributed by atoms with E-state index in [1.54, 1.807) is 0 Å². The molecule has 2 aliphatic rings. The van der Waals surface area contributed by atoms with Crippen LogP contribution in [0.3, 0.4) is 0 Å². The van der Waals surface area contributed by atoms with Gasteiger partial charge in [0.05, 0.1) is 0 Å². The number of hydrogen-bond donors (Lipinski definition) is 0. The first-order valence-electron chi connectivity index (χ1n) is 6.89. The molecule has 0 saturated heterocycles. The molecule has 2 fully saturated rings. The van der Waals surface area contributed by atoms with Gasteiger partial charge in [-0.15, -0.1) is 0 Å². The molecule has 0 aromatic rings. The lowest BCUT2D eigenvalue weighted by atomic mass is 9.80. The maximum Gasteiger partial charge on any atom is -0.0349 e. The predicted octanol–water partition coefficient (Wildman–Crippen LogP) is 4.74. The molecule has 0 heteroatoms. The molecule has 15 heavy (non-hydrogen) atoms. The second-order valence-electron chi connectivity index (χ2n) is 7.45. The Balaban J connectivity index is 1.73. The van der Waals surface area contributed by atoms with Crippen molar-refractivity contribution in [2.75, 3.05) is 0 Å². The zero-order valence-corrected chi connectivity index (χ0v) is 11.2. The molecule has 0 heterocycles. The highest BCUT2D eigenvalue weighted by Gasteiger charge is 2.44. The van der Waals surface area contributed by atoms with Gasteiger partial charge in [0.25, 0.3) is 0 Å². The molecule has 0 aromatic carbocycles. The van der Waals surface area contributed by atoms with E-state index in [0.29, 0.717) is 5.41 Å². The minimum absolute atomic E-state index is 0.615. The van der Waals surface area contributed by atoms with Gasteiger partial charge in [-0.2, -0.15) is 0 Å². The lowest BCUT2D eigenvalue weighted by Gasteiger charge is -2.25. The summed E-state index contributed by atoms with van der Waals surface area (Å²) >= 11 is 0. The van der Waals surface area contributed by atoms with Crippen molar-refractivity contribution in [3.8, 4) is 0 Å². The van der Waals surface area contributed by atoms with Crippen LogP contribution >= 0.6 is 0 Å². The molecule has 0 aromatic heterocycles. The largest absolute Gasteiger partial charge is 0.0625 e. The molecule has 0 amide bonds. The highest BCUT2D eigenvalue weighted by Crippen LogP contribution is 2.54. The smallest absolute Gasteiger partial charge is 0.0349 e. The van der Waals surface area contributed by atoms with E-state index in [1.165, 1.54) is 25.7 Å². The normalized spacial score (nSPS) is 39.6. The van der Waals surface area contributed by atoms with Crippen molar-refractivity contribution in [2.45, 2.75) is 60.3 Å². The van der Waals surface area contributed by atoms with E-state index < -0.39 is 0 Å². The molecule has 4 atom stereocenters. The van der Waals surface area contributed by atoms with Crippen molar-refractivity contribution in [3.05, 3.63) is 0 Å². The van der Waals surface area contributed by atoms with Crippen LogP contribution in [-0.4, -0.2) is 0 Å². The van der Waals surface area contributed by atoms with Crippen LogP contribution in [0.25, 0.3) is 0 Å². The summed E-state index contributed by atoms with van der Waals surface area (Å²) in [5.74, 6) is 5.14. The standard InChI is InChI=1S/C15H28/c1-10(2)14-7-13(14)9-15(4,5)8-12-6-11(12)3/h10-14H,6-9H2,1-5H3. The molecule has 0 nitrogen and oxygen atoms in total. The second kappa shape index (κ2) is 3.79. The fourth-order valence-corrected chi connectivity index (χ4v) is 3.51. The van der Waals surface area contributed by atoms with Crippen molar-refractivity contribution in [1.29, 1.82) is 0 Å². The molecule has 0 bridgehead atoms. The third-order valence-electron chi connectivity index (χ3n) is 4.74. The Morgan fingerprint density at radius 3 is 2.00 bits per heavy atom. The van der Waals surface area contributed by atoms with Gasteiger partial charge in [0.1, 0.15) is 0 Å². The quantitative estimate of drug-likeness (QED) is 0.612. The topological polar surface area (TPSA) is 0 Å². The Morgan fingerprint density at radius 1 is 1.07 bits per heavy atom. The van der Waals surface area contributed by atoms with Crippen LogP contribution in [-0.2, 0) is 0 Å². The summed E-state index contributed by atoms with van der Waals surface area (Å²) in [6, 6.07) is 0. The Kier molecular flexibility index (Phi) is 2.90. The zero-order valence-electron chi connectivity index (χ0n) is 11.2. The van der Waals surface area contributed by atoms with Crippen molar-refractivity contribution >= 4 is 0 Å². The third-order valence-corrected chi connectivity index (χ3v) is 4.74. The van der Waals surface area contributed by atoms with Crippen LogP contribution in [0.2, 0.25) is 0 Å². The summed E-state index contributed by atoms with van der Waals surface area (Å²) in [5.41, 5.74) is 0.615. The maximum absolute atomic E-state index is 2.49. The van der Waals surface area contributed by atoms with Gasteiger partial charge in [-0.05, 0) is 60.7 Å². The SMILES string of the molecule is CC(C)C1CC1CC(C)(C)CC1CC1C. The first-order chi connectivity index (χ1) is 6.89. The Morgan fingerprint density at radius 2 is 1.60 bits per heavy atom. The lowest BCUT2D eigenvalue weighted by molar-refractivity contribution is 0.258. The minimum atomic E-state index is 0.615. The van der Waals surface area contributed by atoms with E-state index in [4.69, 9.17) is 0 Å². The number of rotatable bonds is 5. The van der Waals surface area contributed by atoms with Gasteiger partial charge in [0.15, 0.2) is 0 Å². The van der Waals surface area contributed by atoms with Crippen LogP contribution in [0, 0.1) is 35.0 Å². The lowest BCUT2D eigenvalue weighted by Crippen LogP contribution is -2.14. The summed E-state index contributed by atoms with van der Waals surface area (Å²) in [5, 5.41) is 0. The molecule has 2 aliphatic carbocycles. The molecule has 0 aliphatic heterocycles. The maximum atomic E-state index is 2.49. The van der Waals surface area contributed by atoms with Gasteiger partial charge in [0.2, 0.25) is 0 Å². The average Bonchev–Trinajstić information content (AvgIpc) is 2.91. The highest BCUT2D eigenvalue weighted by atomic mass is 14.5. The Bertz CT molecular complexity index is 226. The van der Waals surface area contributed by atoms with Crippen molar-refractivity contribution in [3.63, 3.8) is 0 Å². The molecule has 4 unspecified atom stereocenters. The van der Waals surface area contributed by atoms with Crippen LogP contribution in [0.1, 0.15) is 60.3 Å². The van der Waals surface area contributed by atoms with E-state index in [1.807, 2.05) is 0 Å². The molecular weight excluding hydrogens is 180 g/mol. The highest BCUT2D eigenvalue weighted by molar-refractivity contribution is 4.94. The molecule has 0 radical (unpaired) electrons. The van der Waals surface area contributed by atoms with Crippen molar-refractivity contribution in [1.82, 2.24) is 0 Å². The van der Waals surface area contributed by atoms with E-state index in [-0.39, 0.29) is 0 Å². The van der Waals surface area contributed by atoms with Gasteiger partial charge in [-0.25, -0.2) is 0 Å². The van der Waals surface area contributed by atoms with Crippen LogP contribution in [0.4, 0.5) is 0 Å². The predicted molar refractivity (Wildman–Crippen MR) is 66.7 cm³/mol. The monoisotopic (exact) mass is 208 g/mol. The minimum Gasteiger partial charge on any atom is -0.0625 e. The van der Waals surface area contributed by atoms with Crippen LogP contribution < -0.4 is 0 Å². The van der Waals surface area contributed by atoms with Gasteiger partial charge in [-0.3, -0.25) is 0 Å². The summed E-state index contributed by atoms with van der Waals surface area (Å²) in [6.07, 6.45) is 5.98. The summed E-state index contributed by atoms with van der Waals surface area (Å²) in [6.45, 7) is 12.2. The Labute approximate surface area is 95.8 Å². The fourth-order valence-electron chi connectivity index (χ4n) is 3.51. The van der Waals surface area contributed by atoms with E-state index >= 15 is 0 Å². The van der Waals surface area contributed by atoms with E-state index in [0.717, 1.165) is 29.6 Å². The van der Waals surface area contributed by atoms with Crippen molar-refractivity contribution < 1.29 is 0 Å². The first-order valence-corrected chi connectivity index (χ1v) is 6.89. The first kappa shape index (κ1) is 11.5. The van der Waals surface area contributed by atoms with Gasteiger partial charge in [0, 0.05) is 0 Å². The third kappa shape index (κ3) is 2.98. The Hall–Kier alpha value is 0.